The Balaban J connectivity index is 0.00000261. The number of carbonyl (C=O) groups is 1. The lowest BCUT2D eigenvalue weighted by Crippen LogP contribution is -2.38. The Morgan fingerprint density at radius 1 is 1.19 bits per heavy atom. The zero-order chi connectivity index (χ0) is 18.5. The average Bonchev–Trinajstić information content (AvgIpc) is 3.18. The number of aryl methyl sites for hydroxylation is 1. The van der Waals surface area contributed by atoms with Crippen LogP contribution in [0.4, 0.5) is 5.69 Å². The molecule has 0 aliphatic rings. The molecule has 1 atom stereocenters. The summed E-state index contributed by atoms with van der Waals surface area (Å²) in [5.41, 5.74) is 11.1. The molecule has 0 fully saturated rings. The number of rotatable bonds is 6. The molecule has 0 spiro atoms. The number of anilines is 1. The molecule has 1 heterocycles. The van der Waals surface area contributed by atoms with Gasteiger partial charge in [-0.15, -0.1) is 12.4 Å². The molecule has 1 aromatic heterocycles. The summed E-state index contributed by atoms with van der Waals surface area (Å²) in [6.45, 7) is 1.73. The maximum atomic E-state index is 11.8. The van der Waals surface area contributed by atoms with E-state index in [0.717, 1.165) is 28.9 Å². The van der Waals surface area contributed by atoms with Gasteiger partial charge in [-0.25, -0.2) is 0 Å². The first-order valence-electron chi connectivity index (χ1n) is 8.53. The molecule has 0 saturated carbocycles. The van der Waals surface area contributed by atoms with Crippen molar-refractivity contribution < 1.29 is 9.90 Å². The number of hydrogen-bond acceptors (Lipinski definition) is 4. The van der Waals surface area contributed by atoms with Gasteiger partial charge < -0.3 is 16.2 Å². The summed E-state index contributed by atoms with van der Waals surface area (Å²) in [6.07, 6.45) is 1.01. The molecule has 0 radical (unpaired) electrons. The van der Waals surface area contributed by atoms with Crippen molar-refractivity contribution in [3.8, 4) is 22.5 Å². The fraction of sp³-hybridized carbons (Fsp3) is 0.200. The summed E-state index contributed by atoms with van der Waals surface area (Å²) in [4.78, 5) is 11.8. The maximum absolute atomic E-state index is 11.8. The quantitative estimate of drug-likeness (QED) is 0.522. The van der Waals surface area contributed by atoms with E-state index in [9.17, 15) is 4.79 Å². The van der Waals surface area contributed by atoms with Crippen molar-refractivity contribution in [2.75, 3.05) is 11.9 Å². The SMILES string of the molecule is CCc1ccc(-c2cc(-c3cccc(NC(=O)C(N)CO)c3)n[nH]2)cc1.Cl. The van der Waals surface area contributed by atoms with Crippen LogP contribution in [0, 0.1) is 0 Å². The van der Waals surface area contributed by atoms with E-state index in [1.807, 2.05) is 24.3 Å². The van der Waals surface area contributed by atoms with Crippen molar-refractivity contribution in [3.63, 3.8) is 0 Å². The highest BCUT2D eigenvalue weighted by molar-refractivity contribution is 5.95. The highest BCUT2D eigenvalue weighted by Crippen LogP contribution is 2.26. The molecule has 3 aromatic rings. The van der Waals surface area contributed by atoms with E-state index in [-0.39, 0.29) is 12.4 Å². The predicted octanol–water partition coefficient (Wildman–Crippen LogP) is 2.99. The van der Waals surface area contributed by atoms with Crippen LogP contribution in [-0.4, -0.2) is 33.9 Å². The molecule has 2 aromatic carbocycles. The normalized spacial score (nSPS) is 11.5. The van der Waals surface area contributed by atoms with Crippen molar-refractivity contribution >= 4 is 24.0 Å². The van der Waals surface area contributed by atoms with Crippen LogP contribution in [0.1, 0.15) is 12.5 Å². The number of nitrogens with zero attached hydrogens (tertiary/aromatic N) is 1. The van der Waals surface area contributed by atoms with Gasteiger partial charge in [0.1, 0.15) is 6.04 Å². The first-order chi connectivity index (χ1) is 12.6. The number of aromatic nitrogens is 2. The maximum Gasteiger partial charge on any atom is 0.243 e. The summed E-state index contributed by atoms with van der Waals surface area (Å²) >= 11 is 0. The lowest BCUT2D eigenvalue weighted by atomic mass is 10.1. The minimum Gasteiger partial charge on any atom is -0.394 e. The minimum absolute atomic E-state index is 0. The highest BCUT2D eigenvalue weighted by Gasteiger charge is 2.13. The zero-order valence-electron chi connectivity index (χ0n) is 15.0. The van der Waals surface area contributed by atoms with Crippen LogP contribution >= 0.6 is 12.4 Å². The minimum atomic E-state index is -0.943. The standard InChI is InChI=1S/C20H22N4O2.ClH/c1-2-13-6-8-14(9-7-13)18-11-19(24-23-18)15-4-3-5-16(10-15)22-20(26)17(21)12-25;/h3-11,17,25H,2,12,21H2,1H3,(H,22,26)(H,23,24);1H. The Hall–Kier alpha value is -2.67. The van der Waals surface area contributed by atoms with Gasteiger partial charge in [-0.05, 0) is 35.7 Å². The molecule has 1 unspecified atom stereocenters. The highest BCUT2D eigenvalue weighted by atomic mass is 35.5. The van der Waals surface area contributed by atoms with Crippen molar-refractivity contribution in [1.82, 2.24) is 10.2 Å². The second-order valence-corrected chi connectivity index (χ2v) is 6.08. The van der Waals surface area contributed by atoms with Gasteiger partial charge in [0.25, 0.3) is 0 Å². The fourth-order valence-electron chi connectivity index (χ4n) is 2.61. The van der Waals surface area contributed by atoms with Gasteiger partial charge in [-0.2, -0.15) is 5.10 Å². The largest absolute Gasteiger partial charge is 0.394 e. The molecule has 6 nitrogen and oxygen atoms in total. The Labute approximate surface area is 164 Å². The molecular formula is C20H23ClN4O2. The van der Waals surface area contributed by atoms with Gasteiger partial charge in [-0.1, -0.05) is 43.3 Å². The van der Waals surface area contributed by atoms with Crippen molar-refractivity contribution in [3.05, 3.63) is 60.2 Å². The molecule has 0 aliphatic carbocycles. The van der Waals surface area contributed by atoms with E-state index >= 15 is 0 Å². The summed E-state index contributed by atoms with van der Waals surface area (Å²) in [5, 5.41) is 19.1. The topological polar surface area (TPSA) is 104 Å². The van der Waals surface area contributed by atoms with Gasteiger partial charge in [-0.3, -0.25) is 9.89 Å². The third-order valence-corrected chi connectivity index (χ3v) is 4.21. The number of amides is 1. The lowest BCUT2D eigenvalue weighted by molar-refractivity contribution is -0.118. The Bertz CT molecular complexity index is 893. The molecule has 142 valence electrons. The van der Waals surface area contributed by atoms with E-state index < -0.39 is 18.6 Å². The Morgan fingerprint density at radius 2 is 1.93 bits per heavy atom. The predicted molar refractivity (Wildman–Crippen MR) is 110 cm³/mol. The van der Waals surface area contributed by atoms with Crippen LogP contribution in [0.2, 0.25) is 0 Å². The first-order valence-corrected chi connectivity index (χ1v) is 8.53. The van der Waals surface area contributed by atoms with Crippen LogP contribution in [-0.2, 0) is 11.2 Å². The Morgan fingerprint density at radius 3 is 2.59 bits per heavy atom. The van der Waals surface area contributed by atoms with E-state index in [0.29, 0.717) is 5.69 Å². The molecule has 0 saturated heterocycles. The number of aliphatic hydroxyl groups is 1. The van der Waals surface area contributed by atoms with E-state index in [1.165, 1.54) is 5.56 Å². The number of aromatic amines is 1. The monoisotopic (exact) mass is 386 g/mol. The second kappa shape index (κ2) is 9.32. The van der Waals surface area contributed by atoms with Crippen molar-refractivity contribution in [2.24, 2.45) is 5.73 Å². The molecule has 3 rings (SSSR count). The van der Waals surface area contributed by atoms with Crippen LogP contribution in [0.15, 0.2) is 54.6 Å². The summed E-state index contributed by atoms with van der Waals surface area (Å²) in [5.74, 6) is -0.427. The van der Waals surface area contributed by atoms with Gasteiger partial charge >= 0.3 is 0 Å². The van der Waals surface area contributed by atoms with E-state index in [4.69, 9.17) is 10.8 Å². The number of aliphatic hydroxyl groups excluding tert-OH is 1. The van der Waals surface area contributed by atoms with E-state index in [2.05, 4.69) is 46.7 Å². The van der Waals surface area contributed by atoms with Gasteiger partial charge in [0, 0.05) is 11.3 Å². The molecular weight excluding hydrogens is 364 g/mol. The summed E-state index contributed by atoms with van der Waals surface area (Å²) in [6, 6.07) is 16.7. The summed E-state index contributed by atoms with van der Waals surface area (Å²) in [7, 11) is 0. The fourth-order valence-corrected chi connectivity index (χ4v) is 2.61. The van der Waals surface area contributed by atoms with Crippen LogP contribution in [0.25, 0.3) is 22.5 Å². The molecule has 5 N–H and O–H groups in total. The third-order valence-electron chi connectivity index (χ3n) is 4.21. The van der Waals surface area contributed by atoms with Crippen molar-refractivity contribution in [1.29, 1.82) is 0 Å². The lowest BCUT2D eigenvalue weighted by Gasteiger charge is -2.10. The number of benzene rings is 2. The zero-order valence-corrected chi connectivity index (χ0v) is 15.8. The molecule has 27 heavy (non-hydrogen) atoms. The number of halogens is 1. The number of hydrogen-bond donors (Lipinski definition) is 4. The summed E-state index contributed by atoms with van der Waals surface area (Å²) < 4.78 is 0. The Kier molecular flexibility index (Phi) is 7.12. The van der Waals surface area contributed by atoms with Crippen molar-refractivity contribution in [2.45, 2.75) is 19.4 Å². The molecule has 0 aliphatic heterocycles. The van der Waals surface area contributed by atoms with Crippen LogP contribution < -0.4 is 11.1 Å². The van der Waals surface area contributed by atoms with Gasteiger partial charge in [0.05, 0.1) is 18.0 Å². The smallest absolute Gasteiger partial charge is 0.243 e. The average molecular weight is 387 g/mol. The molecule has 0 bridgehead atoms. The number of H-pyrrole nitrogens is 1. The first kappa shape index (κ1) is 20.6. The van der Waals surface area contributed by atoms with Crippen LogP contribution in [0.3, 0.4) is 0 Å². The third kappa shape index (κ3) is 4.95. The second-order valence-electron chi connectivity index (χ2n) is 6.08. The molecule has 1 amide bonds. The van der Waals surface area contributed by atoms with Crippen LogP contribution in [0.5, 0.6) is 0 Å². The van der Waals surface area contributed by atoms with Gasteiger partial charge in [0.15, 0.2) is 0 Å². The number of carbonyl (C=O) groups excluding carboxylic acids is 1. The molecule has 7 heteroatoms. The van der Waals surface area contributed by atoms with E-state index in [1.54, 1.807) is 6.07 Å². The van der Waals surface area contributed by atoms with Gasteiger partial charge in [0.2, 0.25) is 5.91 Å². The number of nitrogens with one attached hydrogen (secondary N) is 2. The number of nitrogens with two attached hydrogens (primary N) is 1.